The van der Waals surface area contributed by atoms with Gasteiger partial charge in [-0.25, -0.2) is 0 Å². The first-order chi connectivity index (χ1) is 20.7. The van der Waals surface area contributed by atoms with Gasteiger partial charge in [0.05, 0.1) is 33.0 Å². The topological polar surface area (TPSA) is 55.4 Å². The molecule has 4 aromatic carbocycles. The zero-order chi connectivity index (χ0) is 29.0. The van der Waals surface area contributed by atoms with Gasteiger partial charge in [0.15, 0.2) is 6.29 Å². The van der Waals surface area contributed by atoms with Crippen LogP contribution >= 0.6 is 15.9 Å². The van der Waals surface area contributed by atoms with E-state index < -0.39 is 30.7 Å². The average Bonchev–Trinajstić information content (AvgIpc) is 3.04. The van der Waals surface area contributed by atoms with Gasteiger partial charge in [-0.1, -0.05) is 119 Å². The van der Waals surface area contributed by atoms with E-state index in [1.165, 1.54) is 0 Å². The molecule has 5 rings (SSSR count). The molecule has 1 fully saturated rings. The molecule has 5 atom stereocenters. The molecule has 6 nitrogen and oxygen atoms in total. The highest BCUT2D eigenvalue weighted by atomic mass is 79.9. The van der Waals surface area contributed by atoms with E-state index in [9.17, 15) is 0 Å². The standard InChI is InChI=1S/C35H37BrO6/c1-37-35-34(41-24-28-15-9-4-10-16-28)33(40-23-27-13-7-3-8-14-27)32(39-22-26-11-5-2-6-12-26)31(42-35)25-38-21-29-17-19-30(36)20-18-29/h2-20,31-35H,21-25H2,1H3/t31-,32-,33+,34-,35+/m1/s1. The average molecular weight is 634 g/mol. The highest BCUT2D eigenvalue weighted by Crippen LogP contribution is 2.31. The van der Waals surface area contributed by atoms with Crippen LogP contribution in [0, 0.1) is 0 Å². The highest BCUT2D eigenvalue weighted by molar-refractivity contribution is 9.10. The quantitative estimate of drug-likeness (QED) is 0.148. The van der Waals surface area contributed by atoms with Crippen molar-refractivity contribution in [2.24, 2.45) is 0 Å². The maximum Gasteiger partial charge on any atom is 0.186 e. The van der Waals surface area contributed by atoms with Crippen LogP contribution in [-0.2, 0) is 54.8 Å². The van der Waals surface area contributed by atoms with Crippen LogP contribution in [0.4, 0.5) is 0 Å². The molecule has 0 radical (unpaired) electrons. The summed E-state index contributed by atoms with van der Waals surface area (Å²) in [4.78, 5) is 0. The normalized spacial score (nSPS) is 22.2. The third-order valence-corrected chi connectivity index (χ3v) is 7.67. The van der Waals surface area contributed by atoms with Crippen molar-refractivity contribution in [3.63, 3.8) is 0 Å². The fraction of sp³-hybridized carbons (Fsp3) is 0.314. The maximum atomic E-state index is 6.64. The molecule has 0 N–H and O–H groups in total. The van der Waals surface area contributed by atoms with Crippen LogP contribution in [0.5, 0.6) is 0 Å². The Morgan fingerprint density at radius 1 is 0.548 bits per heavy atom. The van der Waals surface area contributed by atoms with Crippen LogP contribution in [0.2, 0.25) is 0 Å². The van der Waals surface area contributed by atoms with Gasteiger partial charge in [0, 0.05) is 11.6 Å². The summed E-state index contributed by atoms with van der Waals surface area (Å²) in [5.41, 5.74) is 4.24. The van der Waals surface area contributed by atoms with Crippen molar-refractivity contribution in [3.8, 4) is 0 Å². The predicted octanol–water partition coefficient (Wildman–Crippen LogP) is 7.09. The SMILES string of the molecule is CO[C@H]1O[C@H](COCc2ccc(Br)cc2)[C@@H](OCc2ccccc2)[C@H](OCc2ccccc2)[C@H]1OCc1ccccc1. The molecular weight excluding hydrogens is 596 g/mol. The highest BCUT2D eigenvalue weighted by Gasteiger charge is 2.48. The predicted molar refractivity (Wildman–Crippen MR) is 165 cm³/mol. The summed E-state index contributed by atoms with van der Waals surface area (Å²) in [5, 5.41) is 0. The Balaban J connectivity index is 1.38. The lowest BCUT2D eigenvalue weighted by molar-refractivity contribution is -0.323. The number of rotatable bonds is 14. The van der Waals surface area contributed by atoms with Gasteiger partial charge in [-0.2, -0.15) is 0 Å². The van der Waals surface area contributed by atoms with E-state index in [2.05, 4.69) is 15.9 Å². The minimum atomic E-state index is -0.674. The smallest absolute Gasteiger partial charge is 0.186 e. The zero-order valence-electron chi connectivity index (χ0n) is 23.7. The van der Waals surface area contributed by atoms with E-state index >= 15 is 0 Å². The summed E-state index contributed by atoms with van der Waals surface area (Å²) in [6.07, 6.45) is -2.63. The number of ether oxygens (including phenoxy) is 6. The van der Waals surface area contributed by atoms with E-state index in [4.69, 9.17) is 28.4 Å². The fourth-order valence-electron chi connectivity index (χ4n) is 4.94. The van der Waals surface area contributed by atoms with Crippen LogP contribution in [0.15, 0.2) is 120 Å². The second-order valence-corrected chi connectivity index (χ2v) is 11.1. The fourth-order valence-corrected chi connectivity index (χ4v) is 5.21. The Morgan fingerprint density at radius 2 is 1.00 bits per heavy atom. The van der Waals surface area contributed by atoms with E-state index in [0.717, 1.165) is 26.7 Å². The molecule has 4 aromatic rings. The minimum absolute atomic E-state index is 0.298. The van der Waals surface area contributed by atoms with Crippen molar-refractivity contribution in [2.45, 2.75) is 57.1 Å². The Kier molecular flexibility index (Phi) is 11.7. The van der Waals surface area contributed by atoms with Crippen LogP contribution in [0.25, 0.3) is 0 Å². The zero-order valence-corrected chi connectivity index (χ0v) is 25.3. The lowest BCUT2D eigenvalue weighted by atomic mass is 9.97. The van der Waals surface area contributed by atoms with Gasteiger partial charge < -0.3 is 28.4 Å². The molecule has 0 saturated carbocycles. The van der Waals surface area contributed by atoms with E-state index in [0.29, 0.717) is 33.0 Å². The molecule has 0 aromatic heterocycles. The Labute approximate surface area is 256 Å². The summed E-state index contributed by atoms with van der Waals surface area (Å²) >= 11 is 3.49. The van der Waals surface area contributed by atoms with Crippen molar-refractivity contribution in [3.05, 3.63) is 142 Å². The Bertz CT molecular complexity index is 1310. The monoisotopic (exact) mass is 632 g/mol. The van der Waals surface area contributed by atoms with Crippen molar-refractivity contribution in [1.82, 2.24) is 0 Å². The summed E-state index contributed by atoms with van der Waals surface area (Å²) in [6, 6.07) is 38.3. The summed E-state index contributed by atoms with van der Waals surface area (Å²) in [5.74, 6) is 0. The van der Waals surface area contributed by atoms with Gasteiger partial charge in [-0.05, 0) is 34.4 Å². The largest absolute Gasteiger partial charge is 0.374 e. The third-order valence-electron chi connectivity index (χ3n) is 7.14. The molecule has 0 spiro atoms. The van der Waals surface area contributed by atoms with Crippen molar-refractivity contribution in [2.75, 3.05) is 13.7 Å². The third kappa shape index (κ3) is 8.82. The molecule has 42 heavy (non-hydrogen) atoms. The maximum absolute atomic E-state index is 6.64. The van der Waals surface area contributed by atoms with Gasteiger partial charge in [0.25, 0.3) is 0 Å². The molecule has 0 amide bonds. The molecule has 1 aliphatic heterocycles. The van der Waals surface area contributed by atoms with Gasteiger partial charge in [0.1, 0.15) is 24.4 Å². The second-order valence-electron chi connectivity index (χ2n) is 10.2. The van der Waals surface area contributed by atoms with Crippen molar-refractivity contribution in [1.29, 1.82) is 0 Å². The summed E-state index contributed by atoms with van der Waals surface area (Å²) in [6.45, 7) is 1.92. The lowest BCUT2D eigenvalue weighted by Crippen LogP contribution is -2.61. The first-order valence-electron chi connectivity index (χ1n) is 14.2. The van der Waals surface area contributed by atoms with Gasteiger partial charge in [-0.3, -0.25) is 0 Å². The number of benzene rings is 4. The Morgan fingerprint density at radius 3 is 1.50 bits per heavy atom. The molecule has 0 aliphatic carbocycles. The molecule has 1 heterocycles. The Hall–Kier alpha value is -2.88. The van der Waals surface area contributed by atoms with Gasteiger partial charge in [-0.15, -0.1) is 0 Å². The summed E-state index contributed by atoms with van der Waals surface area (Å²) < 4.78 is 39.3. The minimum Gasteiger partial charge on any atom is -0.374 e. The van der Waals surface area contributed by atoms with Crippen LogP contribution in [0.3, 0.4) is 0 Å². The molecule has 0 unspecified atom stereocenters. The van der Waals surface area contributed by atoms with Crippen LogP contribution in [0.1, 0.15) is 22.3 Å². The first-order valence-corrected chi connectivity index (χ1v) is 15.0. The van der Waals surface area contributed by atoms with E-state index in [1.807, 2.05) is 115 Å². The number of hydrogen-bond donors (Lipinski definition) is 0. The molecule has 7 heteroatoms. The molecule has 1 aliphatic rings. The van der Waals surface area contributed by atoms with Crippen molar-refractivity contribution >= 4 is 15.9 Å². The van der Waals surface area contributed by atoms with Gasteiger partial charge in [0.2, 0.25) is 0 Å². The van der Waals surface area contributed by atoms with Crippen LogP contribution < -0.4 is 0 Å². The lowest BCUT2D eigenvalue weighted by Gasteiger charge is -2.45. The van der Waals surface area contributed by atoms with Crippen LogP contribution in [-0.4, -0.2) is 44.4 Å². The summed E-state index contributed by atoms with van der Waals surface area (Å²) in [7, 11) is 1.63. The number of methoxy groups -OCH3 is 1. The van der Waals surface area contributed by atoms with Gasteiger partial charge >= 0.3 is 0 Å². The number of hydrogen-bond acceptors (Lipinski definition) is 6. The molecule has 220 valence electrons. The van der Waals surface area contributed by atoms with E-state index in [-0.39, 0.29) is 0 Å². The molecular formula is C35H37BrO6. The van der Waals surface area contributed by atoms with Crippen molar-refractivity contribution < 1.29 is 28.4 Å². The second kappa shape index (κ2) is 16.1. The molecule has 1 saturated heterocycles. The number of halogens is 1. The molecule has 0 bridgehead atoms. The first kappa shape index (κ1) is 30.6. The van der Waals surface area contributed by atoms with E-state index in [1.54, 1.807) is 7.11 Å².